The number of amides is 1. The van der Waals surface area contributed by atoms with E-state index in [1.807, 2.05) is 11.6 Å². The van der Waals surface area contributed by atoms with Crippen molar-refractivity contribution in [3.63, 3.8) is 0 Å². The standard InChI is InChI=1S/C14H24N4O3S/c1-4-6-18-12(3)13(11-15-18)14(19)16-7-9-17(10-8-16)22(20,21)5-2/h11H,4-10H2,1-3H3. The molecule has 0 aromatic carbocycles. The van der Waals surface area contributed by atoms with E-state index in [1.165, 1.54) is 4.31 Å². The van der Waals surface area contributed by atoms with Crippen LogP contribution >= 0.6 is 0 Å². The lowest BCUT2D eigenvalue weighted by molar-refractivity contribution is 0.0697. The summed E-state index contributed by atoms with van der Waals surface area (Å²) in [5.41, 5.74) is 1.48. The Balaban J connectivity index is 2.04. The van der Waals surface area contributed by atoms with Crippen molar-refractivity contribution in [3.8, 4) is 0 Å². The summed E-state index contributed by atoms with van der Waals surface area (Å²) in [5, 5.41) is 4.25. The van der Waals surface area contributed by atoms with Crippen LogP contribution in [0.1, 0.15) is 36.3 Å². The summed E-state index contributed by atoms with van der Waals surface area (Å²) in [5.74, 6) is 0.0394. The van der Waals surface area contributed by atoms with E-state index in [0.29, 0.717) is 31.7 Å². The third-order valence-corrected chi connectivity index (χ3v) is 5.93. The molecule has 7 nitrogen and oxygen atoms in total. The number of rotatable bonds is 5. The highest BCUT2D eigenvalue weighted by atomic mass is 32.2. The summed E-state index contributed by atoms with van der Waals surface area (Å²) in [6, 6.07) is 0. The van der Waals surface area contributed by atoms with Crippen LogP contribution in [0, 0.1) is 6.92 Å². The molecular weight excluding hydrogens is 304 g/mol. The number of hydrogen-bond acceptors (Lipinski definition) is 4. The molecule has 0 bridgehead atoms. The third-order valence-electron chi connectivity index (χ3n) is 4.05. The molecule has 22 heavy (non-hydrogen) atoms. The molecule has 1 aromatic heterocycles. The van der Waals surface area contributed by atoms with Gasteiger partial charge in [0.1, 0.15) is 0 Å². The summed E-state index contributed by atoms with van der Waals surface area (Å²) >= 11 is 0. The number of hydrogen-bond donors (Lipinski definition) is 0. The van der Waals surface area contributed by atoms with Crippen molar-refractivity contribution in [2.45, 2.75) is 33.7 Å². The minimum Gasteiger partial charge on any atom is -0.336 e. The molecule has 1 fully saturated rings. The Bertz CT molecular complexity index is 631. The molecule has 1 aliphatic rings. The second kappa shape index (κ2) is 6.78. The predicted molar refractivity (Wildman–Crippen MR) is 84.2 cm³/mol. The van der Waals surface area contributed by atoms with Gasteiger partial charge in [-0.15, -0.1) is 0 Å². The SMILES string of the molecule is CCCn1ncc(C(=O)N2CCN(S(=O)(=O)CC)CC2)c1C. The number of aryl methyl sites for hydroxylation is 1. The molecule has 2 rings (SSSR count). The Morgan fingerprint density at radius 1 is 1.23 bits per heavy atom. The van der Waals surface area contributed by atoms with Crippen LogP contribution in [0.3, 0.4) is 0 Å². The van der Waals surface area contributed by atoms with Crippen LogP contribution in [-0.2, 0) is 16.6 Å². The van der Waals surface area contributed by atoms with Crippen LogP contribution in [0.15, 0.2) is 6.20 Å². The Morgan fingerprint density at radius 2 is 1.86 bits per heavy atom. The molecule has 0 saturated carbocycles. The molecule has 1 amide bonds. The maximum Gasteiger partial charge on any atom is 0.257 e. The molecule has 2 heterocycles. The van der Waals surface area contributed by atoms with E-state index >= 15 is 0 Å². The molecule has 8 heteroatoms. The third kappa shape index (κ3) is 3.33. The number of carbonyl (C=O) groups is 1. The van der Waals surface area contributed by atoms with Crippen molar-refractivity contribution in [2.75, 3.05) is 31.9 Å². The van der Waals surface area contributed by atoms with Crippen molar-refractivity contribution in [3.05, 3.63) is 17.5 Å². The first-order valence-corrected chi connectivity index (χ1v) is 9.31. The van der Waals surface area contributed by atoms with Crippen LogP contribution in [0.25, 0.3) is 0 Å². The zero-order valence-electron chi connectivity index (χ0n) is 13.4. The van der Waals surface area contributed by atoms with E-state index in [2.05, 4.69) is 12.0 Å². The second-order valence-electron chi connectivity index (χ2n) is 5.46. The minimum absolute atomic E-state index is 0.0617. The highest BCUT2D eigenvalue weighted by Gasteiger charge is 2.29. The first-order valence-electron chi connectivity index (χ1n) is 7.70. The zero-order chi connectivity index (χ0) is 16.3. The fraction of sp³-hybridized carbons (Fsp3) is 0.714. The largest absolute Gasteiger partial charge is 0.336 e. The molecule has 1 aromatic rings. The van der Waals surface area contributed by atoms with Gasteiger partial charge in [0.2, 0.25) is 10.0 Å². The van der Waals surface area contributed by atoms with Gasteiger partial charge in [0.25, 0.3) is 5.91 Å². The van der Waals surface area contributed by atoms with Gasteiger partial charge in [-0.1, -0.05) is 6.92 Å². The Labute approximate surface area is 131 Å². The average molecular weight is 328 g/mol. The molecule has 1 saturated heterocycles. The van der Waals surface area contributed by atoms with E-state index in [9.17, 15) is 13.2 Å². The van der Waals surface area contributed by atoms with E-state index in [4.69, 9.17) is 0 Å². The van der Waals surface area contributed by atoms with Crippen LogP contribution in [0.4, 0.5) is 0 Å². The normalized spacial score (nSPS) is 17.0. The molecule has 124 valence electrons. The predicted octanol–water partition coefficient (Wildman–Crippen LogP) is 0.709. The van der Waals surface area contributed by atoms with Crippen molar-refractivity contribution in [2.24, 2.45) is 0 Å². The second-order valence-corrected chi connectivity index (χ2v) is 7.72. The lowest BCUT2D eigenvalue weighted by atomic mass is 10.2. The fourth-order valence-electron chi connectivity index (χ4n) is 2.62. The summed E-state index contributed by atoms with van der Waals surface area (Å²) in [7, 11) is -3.17. The van der Waals surface area contributed by atoms with Crippen LogP contribution < -0.4 is 0 Å². The van der Waals surface area contributed by atoms with Gasteiger partial charge in [-0.2, -0.15) is 9.40 Å². The van der Waals surface area contributed by atoms with Gasteiger partial charge >= 0.3 is 0 Å². The van der Waals surface area contributed by atoms with E-state index in [-0.39, 0.29) is 11.7 Å². The van der Waals surface area contributed by atoms with Gasteiger partial charge in [0.15, 0.2) is 0 Å². The number of carbonyl (C=O) groups excluding carboxylic acids is 1. The molecule has 0 atom stereocenters. The van der Waals surface area contributed by atoms with Crippen molar-refractivity contribution in [1.29, 1.82) is 0 Å². The Morgan fingerprint density at radius 3 is 2.41 bits per heavy atom. The lowest BCUT2D eigenvalue weighted by Crippen LogP contribution is -2.50. The van der Waals surface area contributed by atoms with Crippen LogP contribution in [-0.4, -0.2) is 65.2 Å². The highest BCUT2D eigenvalue weighted by molar-refractivity contribution is 7.89. The first kappa shape index (κ1) is 17.0. The van der Waals surface area contributed by atoms with E-state index < -0.39 is 10.0 Å². The molecule has 1 aliphatic heterocycles. The van der Waals surface area contributed by atoms with Crippen LogP contribution in [0.2, 0.25) is 0 Å². The van der Waals surface area contributed by atoms with E-state index in [1.54, 1.807) is 18.0 Å². The quantitative estimate of drug-likeness (QED) is 0.798. The smallest absolute Gasteiger partial charge is 0.257 e. The van der Waals surface area contributed by atoms with Gasteiger partial charge in [-0.05, 0) is 20.3 Å². The van der Waals surface area contributed by atoms with Crippen molar-refractivity contribution in [1.82, 2.24) is 19.0 Å². The summed E-state index contributed by atoms with van der Waals surface area (Å²) in [4.78, 5) is 14.3. The number of piperazine rings is 1. The lowest BCUT2D eigenvalue weighted by Gasteiger charge is -2.33. The summed E-state index contributed by atoms with van der Waals surface area (Å²) < 4.78 is 27.0. The number of sulfonamides is 1. The zero-order valence-corrected chi connectivity index (χ0v) is 14.3. The fourth-order valence-corrected chi connectivity index (χ4v) is 3.70. The molecule has 0 spiro atoms. The summed E-state index contributed by atoms with van der Waals surface area (Å²) in [6.07, 6.45) is 2.58. The van der Waals surface area contributed by atoms with Crippen molar-refractivity contribution >= 4 is 15.9 Å². The minimum atomic E-state index is -3.17. The molecule has 0 radical (unpaired) electrons. The molecule has 0 unspecified atom stereocenters. The van der Waals surface area contributed by atoms with Crippen LogP contribution in [0.5, 0.6) is 0 Å². The van der Waals surface area contributed by atoms with Gasteiger partial charge in [0, 0.05) is 38.4 Å². The maximum absolute atomic E-state index is 12.6. The highest BCUT2D eigenvalue weighted by Crippen LogP contribution is 2.14. The number of aromatic nitrogens is 2. The van der Waals surface area contributed by atoms with Gasteiger partial charge in [-0.3, -0.25) is 9.48 Å². The average Bonchev–Trinajstić information content (AvgIpc) is 2.88. The van der Waals surface area contributed by atoms with Gasteiger partial charge in [-0.25, -0.2) is 8.42 Å². The van der Waals surface area contributed by atoms with E-state index in [0.717, 1.165) is 18.7 Å². The van der Waals surface area contributed by atoms with Gasteiger partial charge in [0.05, 0.1) is 17.5 Å². The first-order chi connectivity index (χ1) is 10.4. The van der Waals surface area contributed by atoms with Gasteiger partial charge < -0.3 is 4.90 Å². The maximum atomic E-state index is 12.6. The number of nitrogens with zero attached hydrogens (tertiary/aromatic N) is 4. The Hall–Kier alpha value is -1.41. The van der Waals surface area contributed by atoms with Crippen molar-refractivity contribution < 1.29 is 13.2 Å². The molecule has 0 N–H and O–H groups in total. The molecule has 0 aliphatic carbocycles. The topological polar surface area (TPSA) is 75.5 Å². The Kier molecular flexibility index (Phi) is 5.23. The summed E-state index contributed by atoms with van der Waals surface area (Å²) in [6.45, 7) is 7.98. The monoisotopic (exact) mass is 328 g/mol. The molecular formula is C14H24N4O3S.